The summed E-state index contributed by atoms with van der Waals surface area (Å²) in [6.07, 6.45) is -1.17. The van der Waals surface area contributed by atoms with Gasteiger partial charge in [0.1, 0.15) is 19.3 Å². The number of rotatable bonds is 21. The van der Waals surface area contributed by atoms with Gasteiger partial charge in [-0.1, -0.05) is 137 Å². The van der Waals surface area contributed by atoms with Crippen LogP contribution in [0.25, 0.3) is 0 Å². The van der Waals surface area contributed by atoms with E-state index in [-0.39, 0.29) is 50.1 Å². The minimum absolute atomic E-state index is 0.0867. The van der Waals surface area contributed by atoms with Gasteiger partial charge in [-0.2, -0.15) is 0 Å². The number of carbonyl (C=O) groups excluding carboxylic acids is 8. The van der Waals surface area contributed by atoms with Gasteiger partial charge in [0, 0.05) is 0 Å². The summed E-state index contributed by atoms with van der Waals surface area (Å²) in [5.41, 5.74) is -0.0392. The van der Waals surface area contributed by atoms with Crippen LogP contribution < -0.4 is 28.4 Å². The van der Waals surface area contributed by atoms with E-state index in [0.29, 0.717) is 0 Å². The fraction of sp³-hybridized carbons (Fsp3) is 0.134. The number of hydrogen-bond acceptors (Lipinski definition) is 17. The molecule has 0 aliphatic carbocycles. The van der Waals surface area contributed by atoms with Crippen LogP contribution in [0.5, 0.6) is 34.5 Å². The molecule has 0 saturated carbocycles. The van der Waals surface area contributed by atoms with Crippen molar-refractivity contribution in [2.75, 3.05) is 13.2 Å². The van der Waals surface area contributed by atoms with Gasteiger partial charge in [-0.05, 0) is 121 Å². The average Bonchev–Trinajstić information content (AvgIpc) is 3.54. The lowest BCUT2D eigenvalue weighted by Gasteiger charge is -2.39. The molecule has 0 N–H and O–H groups in total. The highest BCUT2D eigenvalue weighted by Crippen LogP contribution is 2.43. The van der Waals surface area contributed by atoms with Gasteiger partial charge in [-0.25, -0.2) is 38.4 Å². The van der Waals surface area contributed by atoms with E-state index in [4.69, 9.17) is 42.3 Å². The van der Waals surface area contributed by atoms with Crippen molar-refractivity contribution >= 4 is 56.1 Å². The number of carbonyl (C=O) groups is 8. The summed E-state index contributed by atoms with van der Waals surface area (Å²) >= 11 is 0. The average molecular weight is 1160 g/mol. The van der Waals surface area contributed by atoms with Gasteiger partial charge in [0.25, 0.3) is 0 Å². The van der Waals surface area contributed by atoms with Crippen LogP contribution in [0.15, 0.2) is 218 Å². The molecule has 85 heavy (non-hydrogen) atoms. The minimum Gasteiger partial charge on any atom is -0.459 e. The number of ether oxygens (including phenoxy) is 8. The predicted molar refractivity (Wildman–Crippen MR) is 313 cm³/mol. The Kier molecular flexibility index (Phi) is 19.6. The molecule has 0 aromatic heterocycles. The number of esters is 8. The fourth-order valence-electron chi connectivity index (χ4n) is 7.61. The molecule has 17 nitrogen and oxygen atoms in total. The zero-order valence-electron chi connectivity index (χ0n) is 46.8. The highest BCUT2D eigenvalue weighted by Gasteiger charge is 2.40. The first-order chi connectivity index (χ1) is 40.7. The zero-order valence-corrected chi connectivity index (χ0v) is 47.8. The molecule has 18 heteroatoms. The molecule has 1 atom stereocenters. The molecule has 0 spiro atoms. The molecular formula is C67H56O17Si. The van der Waals surface area contributed by atoms with Crippen LogP contribution in [0.1, 0.15) is 104 Å². The monoisotopic (exact) mass is 1160 g/mol. The van der Waals surface area contributed by atoms with Crippen molar-refractivity contribution in [3.05, 3.63) is 263 Å². The Hall–Kier alpha value is -10.6. The molecule has 0 radical (unpaired) electrons. The molecule has 0 aliphatic heterocycles. The molecule has 0 heterocycles. The summed E-state index contributed by atoms with van der Waals surface area (Å²) in [6.45, 7) is 12.8. The Balaban J connectivity index is 1.11. The minimum atomic E-state index is -2.81. The highest BCUT2D eigenvalue weighted by atomic mass is 28.4. The van der Waals surface area contributed by atoms with E-state index in [1.807, 2.05) is 33.9 Å². The molecule has 0 amide bonds. The predicted octanol–water partition coefficient (Wildman–Crippen LogP) is 13.0. The van der Waals surface area contributed by atoms with E-state index in [0.717, 1.165) is 24.3 Å². The van der Waals surface area contributed by atoms with E-state index in [9.17, 15) is 38.4 Å². The van der Waals surface area contributed by atoms with E-state index >= 15 is 0 Å². The van der Waals surface area contributed by atoms with Crippen molar-refractivity contribution in [3.63, 3.8) is 0 Å². The Morgan fingerprint density at radius 3 is 0.871 bits per heavy atom. The van der Waals surface area contributed by atoms with Crippen LogP contribution in [-0.2, 0) is 13.9 Å². The summed E-state index contributed by atoms with van der Waals surface area (Å²) < 4.78 is 53.3. The lowest BCUT2D eigenvalue weighted by Crippen LogP contribution is -2.46. The first kappa shape index (κ1) is 60.5. The Morgan fingerprint density at radius 2 is 0.612 bits per heavy atom. The van der Waals surface area contributed by atoms with Crippen LogP contribution in [0.4, 0.5) is 0 Å². The van der Waals surface area contributed by atoms with Crippen molar-refractivity contribution in [3.8, 4) is 34.5 Å². The molecule has 0 bridgehead atoms. The molecule has 0 aliphatic rings. The fourth-order valence-corrected chi connectivity index (χ4v) is 8.91. The summed E-state index contributed by atoms with van der Waals surface area (Å²) in [7, 11) is -2.81. The van der Waals surface area contributed by atoms with E-state index < -0.39 is 115 Å². The molecule has 8 aromatic rings. The summed E-state index contributed by atoms with van der Waals surface area (Å²) in [5.74, 6) is -10.7. The van der Waals surface area contributed by atoms with Crippen molar-refractivity contribution < 1.29 is 80.7 Å². The van der Waals surface area contributed by atoms with E-state index in [1.54, 1.807) is 109 Å². The lowest BCUT2D eigenvalue weighted by molar-refractivity contribution is 0.0298. The maximum Gasteiger partial charge on any atom is 0.343 e. The molecule has 8 aromatic carbocycles. The van der Waals surface area contributed by atoms with Gasteiger partial charge in [0.05, 0.1) is 44.5 Å². The normalized spacial score (nSPS) is 11.4. The van der Waals surface area contributed by atoms with Crippen LogP contribution >= 0.6 is 0 Å². The summed E-state index contributed by atoms with van der Waals surface area (Å²) in [6, 6.07) is 51.3. The van der Waals surface area contributed by atoms with Crippen molar-refractivity contribution in [1.29, 1.82) is 0 Å². The third-order valence-corrected chi connectivity index (χ3v) is 17.7. The topological polar surface area (TPSA) is 220 Å². The van der Waals surface area contributed by atoms with Crippen LogP contribution in [0.2, 0.25) is 18.1 Å². The zero-order chi connectivity index (χ0) is 60.7. The summed E-state index contributed by atoms with van der Waals surface area (Å²) in [4.78, 5) is 111. The van der Waals surface area contributed by atoms with Gasteiger partial charge in [0.15, 0.2) is 31.3 Å². The van der Waals surface area contributed by atoms with Crippen molar-refractivity contribution in [2.45, 2.75) is 45.0 Å². The second-order valence-corrected chi connectivity index (χ2v) is 25.1. The second kappa shape index (κ2) is 27.5. The van der Waals surface area contributed by atoms with Gasteiger partial charge in [-0.3, -0.25) is 0 Å². The Labute approximate surface area is 490 Å². The first-order valence-electron chi connectivity index (χ1n) is 26.4. The third-order valence-electron chi connectivity index (χ3n) is 13.2. The molecule has 0 unspecified atom stereocenters. The van der Waals surface area contributed by atoms with E-state index in [2.05, 4.69) is 6.58 Å². The lowest BCUT2D eigenvalue weighted by atomic mass is 10.1. The maximum absolute atomic E-state index is 14.5. The SMILES string of the molecule is C=C(COC(=O)c1cc(OC(=O)c2ccccc2)c(OC(=O)c2ccccc2)c(OC(=O)c2ccccc2)c1)[C@H](COC(=O)c1cc(OC(=O)c2ccccc2)c(OC(=O)c2ccccc2)c(OC(=O)c2ccccc2)c1)O[Si](C)(C)C(C)(C)C. The van der Waals surface area contributed by atoms with E-state index in [1.165, 1.54) is 72.8 Å². The maximum atomic E-state index is 14.5. The van der Waals surface area contributed by atoms with Crippen molar-refractivity contribution in [1.82, 2.24) is 0 Å². The Bertz CT molecular complexity index is 3600. The Morgan fingerprint density at radius 1 is 0.365 bits per heavy atom. The van der Waals surface area contributed by atoms with Gasteiger partial charge in [0.2, 0.25) is 11.5 Å². The molecular weight excluding hydrogens is 1100 g/mol. The largest absolute Gasteiger partial charge is 0.459 e. The third kappa shape index (κ3) is 15.9. The molecule has 8 rings (SSSR count). The summed E-state index contributed by atoms with van der Waals surface area (Å²) in [5, 5.41) is -0.429. The highest BCUT2D eigenvalue weighted by molar-refractivity contribution is 6.74. The van der Waals surface area contributed by atoms with Crippen LogP contribution in [0, 0.1) is 0 Å². The van der Waals surface area contributed by atoms with Gasteiger partial charge in [-0.15, -0.1) is 0 Å². The molecule has 0 fully saturated rings. The number of benzene rings is 8. The van der Waals surface area contributed by atoms with Crippen molar-refractivity contribution in [2.24, 2.45) is 0 Å². The van der Waals surface area contributed by atoms with Crippen LogP contribution in [-0.4, -0.2) is 75.4 Å². The smallest absolute Gasteiger partial charge is 0.343 e. The quantitative estimate of drug-likeness (QED) is 0.0282. The molecule has 430 valence electrons. The first-order valence-corrected chi connectivity index (χ1v) is 29.3. The van der Waals surface area contributed by atoms with Crippen LogP contribution in [0.3, 0.4) is 0 Å². The molecule has 0 saturated heterocycles. The van der Waals surface area contributed by atoms with Gasteiger partial charge < -0.3 is 42.3 Å². The standard InChI is InChI=1S/C67H56O17Si/c1-43(41-76-59(68)50-37-52(78-61(70)44-25-13-7-14-26-44)57(82-65(74)48-33-21-11-22-34-48)53(38-50)79-62(71)45-27-15-8-16-28-45)56(84-85(5,6)67(2,3)4)42-77-60(69)51-39-54(80-63(72)46-29-17-9-18-30-46)58(83-66(75)49-35-23-12-24-36-49)55(40-51)81-64(73)47-31-19-10-20-32-47/h7-40,56H,1,41-42H2,2-6H3/t56-/m0/s1. The second-order valence-electron chi connectivity index (χ2n) is 20.3. The van der Waals surface area contributed by atoms with Gasteiger partial charge >= 0.3 is 47.8 Å². The number of hydrogen-bond donors (Lipinski definition) is 0.